The van der Waals surface area contributed by atoms with E-state index in [0.717, 1.165) is 25.8 Å². The molecule has 0 bridgehead atoms. The molecule has 1 heterocycles. The van der Waals surface area contributed by atoms with Crippen LogP contribution in [0.3, 0.4) is 0 Å². The predicted octanol–water partition coefficient (Wildman–Crippen LogP) is 1.05. The molecule has 1 aliphatic rings. The Balaban J connectivity index is 2.07. The van der Waals surface area contributed by atoms with E-state index >= 15 is 0 Å². The van der Waals surface area contributed by atoms with E-state index in [0.29, 0.717) is 12.1 Å². The second kappa shape index (κ2) is 6.83. The highest BCUT2D eigenvalue weighted by Gasteiger charge is 2.24. The van der Waals surface area contributed by atoms with Gasteiger partial charge in [0.05, 0.1) is 0 Å². The fraction of sp³-hybridized carbons (Fsp3) is 0.571. The molecular weight excluding hydrogens is 293 g/mol. The molecule has 1 aliphatic heterocycles. The third kappa shape index (κ3) is 4.00. The molecule has 7 heteroatoms. The average molecular weight is 315 g/mol. The number of likely N-dealkylation sites (N-methyl/N-ethyl adjacent to an activating group) is 1. The molecule has 0 spiro atoms. The van der Waals surface area contributed by atoms with Gasteiger partial charge in [0.15, 0.2) is 0 Å². The second-order valence-corrected chi connectivity index (χ2v) is 7.19. The quantitative estimate of drug-likeness (QED) is 0.851. The maximum atomic E-state index is 13.9. The summed E-state index contributed by atoms with van der Waals surface area (Å²) in [6, 6.07) is 4.13. The number of benzene rings is 1. The monoisotopic (exact) mass is 315 g/mol. The molecule has 1 fully saturated rings. The summed E-state index contributed by atoms with van der Waals surface area (Å²) in [5, 5.41) is 0. The van der Waals surface area contributed by atoms with Gasteiger partial charge in [-0.1, -0.05) is 12.5 Å². The highest BCUT2D eigenvalue weighted by Crippen LogP contribution is 2.18. The summed E-state index contributed by atoms with van der Waals surface area (Å²) in [6.45, 7) is 1.44. The van der Waals surface area contributed by atoms with Crippen LogP contribution in [-0.4, -0.2) is 39.5 Å². The number of hydrogen-bond donors (Lipinski definition) is 2. The summed E-state index contributed by atoms with van der Waals surface area (Å²) in [5.41, 5.74) is 5.98. The van der Waals surface area contributed by atoms with E-state index in [4.69, 9.17) is 5.73 Å². The van der Waals surface area contributed by atoms with Gasteiger partial charge in [-0.25, -0.2) is 17.5 Å². The van der Waals surface area contributed by atoms with E-state index < -0.39 is 15.8 Å². The van der Waals surface area contributed by atoms with Crippen LogP contribution in [-0.2, 0) is 16.6 Å². The standard InChI is InChI=1S/C14H22FN3O2S/c1-18-7-3-2-4-12(18)10-17-21(19,20)14-6-5-11(9-16)8-13(14)15/h5-6,8,12,17H,2-4,7,9-10,16H2,1H3. The SMILES string of the molecule is CN1CCCCC1CNS(=O)(=O)c1ccc(CN)cc1F. The highest BCUT2D eigenvalue weighted by atomic mass is 32.2. The number of sulfonamides is 1. The van der Waals surface area contributed by atoms with Crippen LogP contribution in [0.15, 0.2) is 23.1 Å². The van der Waals surface area contributed by atoms with Gasteiger partial charge in [0, 0.05) is 19.1 Å². The zero-order chi connectivity index (χ0) is 15.5. The van der Waals surface area contributed by atoms with Crippen LogP contribution in [0.2, 0.25) is 0 Å². The van der Waals surface area contributed by atoms with Crippen molar-refractivity contribution in [2.24, 2.45) is 5.73 Å². The van der Waals surface area contributed by atoms with Crippen molar-refractivity contribution >= 4 is 10.0 Å². The topological polar surface area (TPSA) is 75.4 Å². The number of hydrogen-bond acceptors (Lipinski definition) is 4. The summed E-state index contributed by atoms with van der Waals surface area (Å²) < 4.78 is 40.8. The molecular formula is C14H22FN3O2S. The fourth-order valence-electron chi connectivity index (χ4n) is 2.57. The van der Waals surface area contributed by atoms with Crippen molar-refractivity contribution in [2.75, 3.05) is 20.1 Å². The Bertz CT molecular complexity index is 592. The Morgan fingerprint density at radius 1 is 1.43 bits per heavy atom. The predicted molar refractivity (Wildman–Crippen MR) is 79.7 cm³/mol. The van der Waals surface area contributed by atoms with Gasteiger partial charge >= 0.3 is 0 Å². The first-order valence-corrected chi connectivity index (χ1v) is 8.61. The Morgan fingerprint density at radius 2 is 2.19 bits per heavy atom. The summed E-state index contributed by atoms with van der Waals surface area (Å²) in [7, 11) is -1.85. The maximum Gasteiger partial charge on any atom is 0.243 e. The zero-order valence-electron chi connectivity index (χ0n) is 12.2. The first-order chi connectivity index (χ1) is 9.94. The summed E-state index contributed by atoms with van der Waals surface area (Å²) in [4.78, 5) is 1.82. The van der Waals surface area contributed by atoms with Crippen molar-refractivity contribution in [3.05, 3.63) is 29.6 Å². The van der Waals surface area contributed by atoms with E-state index in [9.17, 15) is 12.8 Å². The van der Waals surface area contributed by atoms with Gasteiger partial charge in [0.1, 0.15) is 10.7 Å². The summed E-state index contributed by atoms with van der Waals surface area (Å²) in [6.07, 6.45) is 3.18. The first-order valence-electron chi connectivity index (χ1n) is 7.12. The summed E-state index contributed by atoms with van der Waals surface area (Å²) in [5.74, 6) is -0.762. The number of rotatable bonds is 5. The van der Waals surface area contributed by atoms with Gasteiger partial charge in [0.25, 0.3) is 0 Å². The molecule has 0 radical (unpaired) electrons. The number of nitrogens with two attached hydrogens (primary N) is 1. The molecule has 1 saturated heterocycles. The molecule has 0 saturated carbocycles. The molecule has 0 aliphatic carbocycles. The third-order valence-electron chi connectivity index (χ3n) is 3.95. The maximum absolute atomic E-state index is 13.9. The minimum absolute atomic E-state index is 0.167. The molecule has 0 aromatic heterocycles. The lowest BCUT2D eigenvalue weighted by Crippen LogP contribution is -2.44. The van der Waals surface area contributed by atoms with Crippen LogP contribution < -0.4 is 10.5 Å². The van der Waals surface area contributed by atoms with Gasteiger partial charge in [-0.05, 0) is 44.1 Å². The normalized spacial score (nSPS) is 20.6. The lowest BCUT2D eigenvalue weighted by Gasteiger charge is -2.32. The molecule has 1 unspecified atom stereocenters. The molecule has 2 rings (SSSR count). The molecule has 118 valence electrons. The van der Waals surface area contributed by atoms with Crippen LogP contribution in [0, 0.1) is 5.82 Å². The number of nitrogens with zero attached hydrogens (tertiary/aromatic N) is 1. The Kier molecular flexibility index (Phi) is 5.32. The number of likely N-dealkylation sites (tertiary alicyclic amines) is 1. The van der Waals surface area contributed by atoms with E-state index in [-0.39, 0.29) is 17.5 Å². The van der Waals surface area contributed by atoms with Gasteiger partial charge in [-0.2, -0.15) is 0 Å². The van der Waals surface area contributed by atoms with E-state index in [1.165, 1.54) is 18.2 Å². The van der Waals surface area contributed by atoms with Crippen molar-refractivity contribution < 1.29 is 12.8 Å². The number of halogens is 1. The van der Waals surface area contributed by atoms with Crippen LogP contribution in [0.4, 0.5) is 4.39 Å². The summed E-state index contributed by atoms with van der Waals surface area (Å²) >= 11 is 0. The van der Waals surface area contributed by atoms with E-state index in [1.54, 1.807) is 0 Å². The van der Waals surface area contributed by atoms with Gasteiger partial charge < -0.3 is 10.6 Å². The fourth-order valence-corrected chi connectivity index (χ4v) is 3.71. The van der Waals surface area contributed by atoms with Crippen molar-refractivity contribution in [1.82, 2.24) is 9.62 Å². The number of nitrogens with one attached hydrogen (secondary N) is 1. The number of piperidine rings is 1. The molecule has 21 heavy (non-hydrogen) atoms. The lowest BCUT2D eigenvalue weighted by atomic mass is 10.0. The van der Waals surface area contributed by atoms with Crippen molar-refractivity contribution in [3.63, 3.8) is 0 Å². The van der Waals surface area contributed by atoms with Crippen LogP contribution >= 0.6 is 0 Å². The minimum Gasteiger partial charge on any atom is -0.326 e. The Labute approximate surface area is 125 Å². The smallest absolute Gasteiger partial charge is 0.243 e. The first kappa shape index (κ1) is 16.4. The van der Waals surface area contributed by atoms with E-state index in [2.05, 4.69) is 9.62 Å². The third-order valence-corrected chi connectivity index (χ3v) is 5.41. The molecule has 1 aromatic carbocycles. The second-order valence-electron chi connectivity index (χ2n) is 5.45. The Hall–Kier alpha value is -1.02. The molecule has 1 aromatic rings. The van der Waals surface area contributed by atoms with Crippen molar-refractivity contribution in [3.8, 4) is 0 Å². The van der Waals surface area contributed by atoms with Crippen LogP contribution in [0.5, 0.6) is 0 Å². The zero-order valence-corrected chi connectivity index (χ0v) is 13.0. The van der Waals surface area contributed by atoms with Crippen molar-refractivity contribution in [2.45, 2.75) is 36.7 Å². The minimum atomic E-state index is -3.83. The lowest BCUT2D eigenvalue weighted by molar-refractivity contribution is 0.187. The molecule has 5 nitrogen and oxygen atoms in total. The highest BCUT2D eigenvalue weighted by molar-refractivity contribution is 7.89. The average Bonchev–Trinajstić information content (AvgIpc) is 2.46. The van der Waals surface area contributed by atoms with Gasteiger partial charge in [0.2, 0.25) is 10.0 Å². The van der Waals surface area contributed by atoms with Crippen molar-refractivity contribution in [1.29, 1.82) is 0 Å². The Morgan fingerprint density at radius 3 is 2.81 bits per heavy atom. The molecule has 1 atom stereocenters. The largest absolute Gasteiger partial charge is 0.326 e. The van der Waals surface area contributed by atoms with Gasteiger partial charge in [-0.3, -0.25) is 0 Å². The van der Waals surface area contributed by atoms with E-state index in [1.807, 2.05) is 7.05 Å². The van der Waals surface area contributed by atoms with Crippen LogP contribution in [0.1, 0.15) is 24.8 Å². The van der Waals surface area contributed by atoms with Crippen LogP contribution in [0.25, 0.3) is 0 Å². The molecule has 3 N–H and O–H groups in total. The van der Waals surface area contributed by atoms with Gasteiger partial charge in [-0.15, -0.1) is 0 Å². The molecule has 0 amide bonds.